The highest BCUT2D eigenvalue weighted by Crippen LogP contribution is 2.32. The first-order valence-corrected chi connectivity index (χ1v) is 4.80. The van der Waals surface area contributed by atoms with E-state index in [-0.39, 0.29) is 0 Å². The highest BCUT2D eigenvalue weighted by atomic mass is 32.2. The van der Waals surface area contributed by atoms with E-state index in [1.807, 2.05) is 0 Å². The maximum Gasteiger partial charge on any atom is 0.395 e. The Morgan fingerprint density at radius 3 is 1.93 bits per heavy atom. The molecular formula is C7H5F3O3S. The molecule has 0 spiro atoms. The van der Waals surface area contributed by atoms with Gasteiger partial charge in [0.1, 0.15) is 5.82 Å². The van der Waals surface area contributed by atoms with Gasteiger partial charge in [-0.3, -0.25) is 4.55 Å². The van der Waals surface area contributed by atoms with E-state index >= 15 is 0 Å². The second-order valence-electron chi connectivity index (χ2n) is 2.50. The third-order valence-electron chi connectivity index (χ3n) is 1.50. The quantitative estimate of drug-likeness (QED) is 0.782. The summed E-state index contributed by atoms with van der Waals surface area (Å²) in [4.78, 5) is 0. The molecule has 1 rings (SSSR count). The van der Waals surface area contributed by atoms with Crippen molar-refractivity contribution >= 4 is 10.1 Å². The monoisotopic (exact) mass is 226 g/mol. The summed E-state index contributed by atoms with van der Waals surface area (Å²) in [5.74, 6) is -0.778. The summed E-state index contributed by atoms with van der Waals surface area (Å²) < 4.78 is 66.7. The van der Waals surface area contributed by atoms with Crippen LogP contribution in [0.3, 0.4) is 0 Å². The molecule has 0 amide bonds. The molecule has 14 heavy (non-hydrogen) atoms. The molecular weight excluding hydrogens is 221 g/mol. The summed E-state index contributed by atoms with van der Waals surface area (Å²) in [6, 6.07) is 2.52. The van der Waals surface area contributed by atoms with Crippen molar-refractivity contribution in [3.63, 3.8) is 0 Å². The minimum absolute atomic E-state index is 0.586. The molecule has 1 aromatic rings. The molecule has 0 heterocycles. The van der Waals surface area contributed by atoms with Gasteiger partial charge in [0.2, 0.25) is 0 Å². The number of alkyl halides is 2. The molecule has 0 atom stereocenters. The molecule has 0 unspecified atom stereocenters. The Balaban J connectivity index is 3.24. The zero-order chi connectivity index (χ0) is 11.0. The Bertz CT molecular complexity index is 424. The lowest BCUT2D eigenvalue weighted by Gasteiger charge is -2.12. The summed E-state index contributed by atoms with van der Waals surface area (Å²) >= 11 is 0. The smallest absolute Gasteiger partial charge is 0.281 e. The van der Waals surface area contributed by atoms with Crippen molar-refractivity contribution in [1.82, 2.24) is 0 Å². The van der Waals surface area contributed by atoms with Gasteiger partial charge in [-0.25, -0.2) is 4.39 Å². The Morgan fingerprint density at radius 2 is 1.57 bits per heavy atom. The van der Waals surface area contributed by atoms with Gasteiger partial charge in [0.05, 0.1) is 0 Å². The van der Waals surface area contributed by atoms with E-state index in [1.54, 1.807) is 0 Å². The Hall–Kier alpha value is -1.08. The predicted molar refractivity (Wildman–Crippen MR) is 41.8 cm³/mol. The van der Waals surface area contributed by atoms with Crippen molar-refractivity contribution in [2.75, 3.05) is 0 Å². The van der Waals surface area contributed by atoms with Crippen molar-refractivity contribution < 1.29 is 26.1 Å². The maximum absolute atomic E-state index is 12.8. The van der Waals surface area contributed by atoms with Crippen LogP contribution < -0.4 is 0 Å². The van der Waals surface area contributed by atoms with E-state index in [0.29, 0.717) is 24.3 Å². The summed E-state index contributed by atoms with van der Waals surface area (Å²) in [6.07, 6.45) is 0. The number of halogens is 3. The molecule has 0 aliphatic carbocycles. The maximum atomic E-state index is 12.8. The molecule has 0 aromatic heterocycles. The van der Waals surface area contributed by atoms with Gasteiger partial charge < -0.3 is 0 Å². The molecule has 1 N–H and O–H groups in total. The van der Waals surface area contributed by atoms with Crippen molar-refractivity contribution in [2.45, 2.75) is 5.25 Å². The van der Waals surface area contributed by atoms with Crippen LogP contribution in [-0.2, 0) is 15.4 Å². The zero-order valence-corrected chi connectivity index (χ0v) is 7.43. The summed E-state index contributed by atoms with van der Waals surface area (Å²) in [5, 5.41) is -4.42. The standard InChI is InChI=1S/C7H5F3O3S/c8-6-3-1-5(2-4-6)7(9,10)14(11,12)13/h1-4H,(H,11,12,13). The number of rotatable bonds is 2. The van der Waals surface area contributed by atoms with E-state index in [1.165, 1.54) is 0 Å². The molecule has 0 aliphatic rings. The minimum atomic E-state index is -5.52. The molecule has 0 fully saturated rings. The third kappa shape index (κ3) is 1.88. The fraction of sp³-hybridized carbons (Fsp3) is 0.143. The third-order valence-corrected chi connectivity index (χ3v) is 2.39. The summed E-state index contributed by atoms with van der Waals surface area (Å²) in [5.41, 5.74) is -0.985. The largest absolute Gasteiger partial charge is 0.395 e. The van der Waals surface area contributed by atoms with Gasteiger partial charge in [-0.2, -0.15) is 17.2 Å². The fourth-order valence-electron chi connectivity index (χ4n) is 0.793. The molecule has 0 bridgehead atoms. The summed E-state index contributed by atoms with van der Waals surface area (Å²) in [7, 11) is -5.52. The molecule has 0 radical (unpaired) electrons. The highest BCUT2D eigenvalue weighted by molar-refractivity contribution is 7.86. The molecule has 0 saturated heterocycles. The minimum Gasteiger partial charge on any atom is -0.281 e. The van der Waals surface area contributed by atoms with Crippen molar-refractivity contribution in [3.8, 4) is 0 Å². The lowest BCUT2D eigenvalue weighted by Crippen LogP contribution is -2.25. The molecule has 78 valence electrons. The highest BCUT2D eigenvalue weighted by Gasteiger charge is 2.45. The van der Waals surface area contributed by atoms with E-state index in [4.69, 9.17) is 4.55 Å². The second-order valence-corrected chi connectivity index (χ2v) is 3.96. The lowest BCUT2D eigenvalue weighted by molar-refractivity contribution is 0.0789. The van der Waals surface area contributed by atoms with Gasteiger partial charge in [0.25, 0.3) is 0 Å². The first kappa shape index (κ1) is 11.0. The van der Waals surface area contributed by atoms with Gasteiger partial charge in [-0.15, -0.1) is 0 Å². The van der Waals surface area contributed by atoms with Gasteiger partial charge in [0.15, 0.2) is 0 Å². The SMILES string of the molecule is O=S(=O)(O)C(F)(F)c1ccc(F)cc1. The molecule has 0 saturated carbocycles. The zero-order valence-electron chi connectivity index (χ0n) is 6.62. The fourth-order valence-corrected chi connectivity index (χ4v) is 1.23. The van der Waals surface area contributed by atoms with Crippen LogP contribution in [0.15, 0.2) is 24.3 Å². The van der Waals surface area contributed by atoms with Crippen LogP contribution >= 0.6 is 0 Å². The second kappa shape index (κ2) is 3.25. The Morgan fingerprint density at radius 1 is 1.14 bits per heavy atom. The number of hydrogen-bond donors (Lipinski definition) is 1. The van der Waals surface area contributed by atoms with E-state index in [0.717, 1.165) is 0 Å². The molecule has 1 aromatic carbocycles. The number of hydrogen-bond acceptors (Lipinski definition) is 2. The van der Waals surface area contributed by atoms with Crippen LogP contribution in [0, 0.1) is 5.82 Å². The molecule has 0 aliphatic heterocycles. The molecule has 3 nitrogen and oxygen atoms in total. The molecule has 7 heteroatoms. The average Bonchev–Trinajstić information content (AvgIpc) is 2.03. The lowest BCUT2D eigenvalue weighted by atomic mass is 10.2. The van der Waals surface area contributed by atoms with E-state index in [2.05, 4.69) is 0 Å². The first-order chi connectivity index (χ1) is 6.25. The topological polar surface area (TPSA) is 54.4 Å². The number of benzene rings is 1. The normalized spacial score (nSPS) is 12.9. The summed E-state index contributed by atoms with van der Waals surface area (Å²) in [6.45, 7) is 0. The van der Waals surface area contributed by atoms with Gasteiger partial charge >= 0.3 is 15.4 Å². The van der Waals surface area contributed by atoms with Crippen molar-refractivity contribution in [2.24, 2.45) is 0 Å². The van der Waals surface area contributed by atoms with Gasteiger partial charge in [-0.05, 0) is 24.3 Å². The Kier molecular flexibility index (Phi) is 2.55. The van der Waals surface area contributed by atoms with Crippen LogP contribution in [0.4, 0.5) is 13.2 Å². The predicted octanol–water partition coefficient (Wildman–Crippen LogP) is 1.76. The van der Waals surface area contributed by atoms with Gasteiger partial charge in [-0.1, -0.05) is 0 Å². The Labute approximate surface area is 77.9 Å². The van der Waals surface area contributed by atoms with Crippen LogP contribution in [-0.4, -0.2) is 13.0 Å². The first-order valence-electron chi connectivity index (χ1n) is 3.36. The van der Waals surface area contributed by atoms with Crippen molar-refractivity contribution in [1.29, 1.82) is 0 Å². The van der Waals surface area contributed by atoms with Crippen LogP contribution in [0.1, 0.15) is 5.56 Å². The van der Waals surface area contributed by atoms with Gasteiger partial charge in [0, 0.05) is 5.56 Å². The van der Waals surface area contributed by atoms with Crippen LogP contribution in [0.2, 0.25) is 0 Å². The average molecular weight is 226 g/mol. The van der Waals surface area contributed by atoms with E-state index in [9.17, 15) is 21.6 Å². The van der Waals surface area contributed by atoms with Crippen LogP contribution in [0.25, 0.3) is 0 Å². The van der Waals surface area contributed by atoms with E-state index < -0.39 is 26.8 Å². The van der Waals surface area contributed by atoms with Crippen molar-refractivity contribution in [3.05, 3.63) is 35.6 Å². The van der Waals surface area contributed by atoms with Crippen LogP contribution in [0.5, 0.6) is 0 Å².